The summed E-state index contributed by atoms with van der Waals surface area (Å²) in [6.07, 6.45) is -4.48. The van der Waals surface area contributed by atoms with Gasteiger partial charge in [-0.3, -0.25) is 0 Å². The van der Waals surface area contributed by atoms with Crippen molar-refractivity contribution in [3.05, 3.63) is 103 Å². The summed E-state index contributed by atoms with van der Waals surface area (Å²) in [5.74, 6) is 0. The summed E-state index contributed by atoms with van der Waals surface area (Å²) in [5, 5.41) is 1.86. The van der Waals surface area contributed by atoms with Gasteiger partial charge in [-0.05, 0) is 23.8 Å². The van der Waals surface area contributed by atoms with Crippen LogP contribution in [0.15, 0.2) is 97.1 Å². The number of halogens is 3. The Balaban J connectivity index is 1.99. The van der Waals surface area contributed by atoms with E-state index in [0.717, 1.165) is 33.4 Å². The molecule has 0 fully saturated rings. The van der Waals surface area contributed by atoms with Crippen LogP contribution in [0.5, 0.6) is 0 Å². The van der Waals surface area contributed by atoms with Crippen molar-refractivity contribution in [3.8, 4) is 16.8 Å². The molecule has 1 aromatic heterocycles. The number of para-hydroxylation sites is 3. The molecule has 0 spiro atoms. The number of rotatable bonds is 2. The Kier molecular flexibility index (Phi) is 3.95. The maximum Gasteiger partial charge on any atom is 0.418 e. The maximum atomic E-state index is 14.1. The number of hydrogen-bond donors (Lipinski definition) is 0. The van der Waals surface area contributed by atoms with Crippen molar-refractivity contribution in [2.45, 2.75) is 6.18 Å². The van der Waals surface area contributed by atoms with Crippen LogP contribution < -0.4 is 0 Å². The third kappa shape index (κ3) is 2.80. The molecule has 0 unspecified atom stereocenters. The summed E-state index contributed by atoms with van der Waals surface area (Å²) in [6, 6.07) is 28.8. The Morgan fingerprint density at radius 2 is 1.10 bits per heavy atom. The highest BCUT2D eigenvalue weighted by atomic mass is 19.4. The fraction of sp³-hybridized carbons (Fsp3) is 0.0400. The highest BCUT2D eigenvalue weighted by molar-refractivity contribution is 6.09. The topological polar surface area (TPSA) is 4.93 Å². The van der Waals surface area contributed by atoms with Crippen LogP contribution in [0.1, 0.15) is 5.56 Å². The Labute approximate surface area is 165 Å². The molecule has 4 aromatic carbocycles. The third-order valence-electron chi connectivity index (χ3n) is 5.23. The van der Waals surface area contributed by atoms with Gasteiger partial charge < -0.3 is 4.57 Å². The zero-order valence-corrected chi connectivity index (χ0v) is 15.3. The first-order chi connectivity index (χ1) is 14.1. The lowest BCUT2D eigenvalue weighted by molar-refractivity contribution is -0.137. The van der Waals surface area contributed by atoms with Crippen LogP contribution in [0.4, 0.5) is 13.2 Å². The Morgan fingerprint density at radius 3 is 1.69 bits per heavy atom. The first kappa shape index (κ1) is 17.6. The number of benzene rings is 4. The van der Waals surface area contributed by atoms with Gasteiger partial charge in [0.25, 0.3) is 0 Å². The molecule has 0 N–H and O–H groups in total. The number of hydrogen-bond acceptors (Lipinski definition) is 0. The molecule has 0 saturated carbocycles. The van der Waals surface area contributed by atoms with Crippen molar-refractivity contribution in [1.29, 1.82) is 0 Å². The van der Waals surface area contributed by atoms with Crippen LogP contribution >= 0.6 is 0 Å². The lowest BCUT2D eigenvalue weighted by atomic mass is 9.99. The average molecular weight is 387 g/mol. The molecule has 1 heterocycles. The van der Waals surface area contributed by atoms with Gasteiger partial charge in [-0.2, -0.15) is 13.2 Å². The van der Waals surface area contributed by atoms with Gasteiger partial charge in [-0.1, -0.05) is 78.9 Å². The van der Waals surface area contributed by atoms with Crippen molar-refractivity contribution >= 4 is 21.8 Å². The zero-order valence-electron chi connectivity index (χ0n) is 15.3. The average Bonchev–Trinajstić information content (AvgIpc) is 3.07. The lowest BCUT2D eigenvalue weighted by Crippen LogP contribution is -2.12. The van der Waals surface area contributed by atoms with Gasteiger partial charge in [0, 0.05) is 16.3 Å². The standard InChI is InChI=1S/C25H16F3N/c26-25(27,28)21-14-8-13-18(17-9-2-1-3-10-17)24(21)29-22-15-6-4-11-19(22)20-12-5-7-16-23(20)29/h1-16H. The van der Waals surface area contributed by atoms with Crippen LogP contribution in [-0.2, 0) is 6.18 Å². The predicted octanol–water partition coefficient (Wildman–Crippen LogP) is 7.47. The Morgan fingerprint density at radius 1 is 0.552 bits per heavy atom. The van der Waals surface area contributed by atoms with Gasteiger partial charge >= 0.3 is 6.18 Å². The van der Waals surface area contributed by atoms with Gasteiger partial charge in [-0.25, -0.2) is 0 Å². The molecular formula is C25H16F3N. The fourth-order valence-corrected chi connectivity index (χ4v) is 4.03. The molecule has 1 nitrogen and oxygen atoms in total. The van der Waals surface area contributed by atoms with E-state index in [1.807, 2.05) is 78.9 Å². The van der Waals surface area contributed by atoms with Gasteiger partial charge in [-0.15, -0.1) is 0 Å². The second kappa shape index (κ2) is 6.52. The van der Waals surface area contributed by atoms with E-state index < -0.39 is 11.7 Å². The van der Waals surface area contributed by atoms with Crippen molar-refractivity contribution < 1.29 is 13.2 Å². The van der Waals surface area contributed by atoms with Crippen LogP contribution in [-0.4, -0.2) is 4.57 Å². The number of nitrogens with zero attached hydrogens (tertiary/aromatic N) is 1. The molecule has 0 radical (unpaired) electrons. The maximum absolute atomic E-state index is 14.1. The third-order valence-corrected chi connectivity index (χ3v) is 5.23. The second-order valence-corrected chi connectivity index (χ2v) is 6.94. The summed E-state index contributed by atoms with van der Waals surface area (Å²) in [4.78, 5) is 0. The minimum absolute atomic E-state index is 0.156. The van der Waals surface area contributed by atoms with E-state index in [-0.39, 0.29) is 5.69 Å². The molecule has 0 aliphatic carbocycles. The van der Waals surface area contributed by atoms with Gasteiger partial charge in [0.1, 0.15) is 0 Å². The molecule has 0 amide bonds. The van der Waals surface area contributed by atoms with Crippen molar-refractivity contribution in [2.24, 2.45) is 0 Å². The molecule has 0 aliphatic rings. The number of aromatic nitrogens is 1. The Hall–Kier alpha value is -3.53. The van der Waals surface area contributed by atoms with E-state index in [1.54, 1.807) is 10.6 Å². The van der Waals surface area contributed by atoms with E-state index in [4.69, 9.17) is 0 Å². The lowest BCUT2D eigenvalue weighted by Gasteiger charge is -2.20. The summed E-state index contributed by atoms with van der Waals surface area (Å²) in [5.41, 5.74) is 2.31. The summed E-state index contributed by atoms with van der Waals surface area (Å²) < 4.78 is 44.1. The minimum atomic E-state index is -4.48. The molecule has 0 aliphatic heterocycles. The van der Waals surface area contributed by atoms with E-state index in [9.17, 15) is 13.2 Å². The SMILES string of the molecule is FC(F)(F)c1cccc(-c2ccccc2)c1-n1c2ccccc2c2ccccc21. The monoisotopic (exact) mass is 387 g/mol. The summed E-state index contributed by atoms with van der Waals surface area (Å²) in [7, 11) is 0. The molecular weight excluding hydrogens is 371 g/mol. The van der Waals surface area contributed by atoms with Crippen LogP contribution in [0.2, 0.25) is 0 Å². The number of alkyl halides is 3. The molecule has 0 saturated heterocycles. The van der Waals surface area contributed by atoms with Crippen LogP contribution in [0.25, 0.3) is 38.6 Å². The van der Waals surface area contributed by atoms with Gasteiger partial charge in [0.05, 0.1) is 22.3 Å². The normalized spacial score (nSPS) is 12.0. The van der Waals surface area contributed by atoms with Crippen molar-refractivity contribution in [1.82, 2.24) is 4.57 Å². The quantitative estimate of drug-likeness (QED) is 0.296. The zero-order chi connectivity index (χ0) is 20.0. The summed E-state index contributed by atoms with van der Waals surface area (Å²) >= 11 is 0. The first-order valence-corrected chi connectivity index (χ1v) is 9.30. The predicted molar refractivity (Wildman–Crippen MR) is 111 cm³/mol. The van der Waals surface area contributed by atoms with Gasteiger partial charge in [0.2, 0.25) is 0 Å². The van der Waals surface area contributed by atoms with Crippen molar-refractivity contribution in [3.63, 3.8) is 0 Å². The fourth-order valence-electron chi connectivity index (χ4n) is 4.03. The van der Waals surface area contributed by atoms with Crippen LogP contribution in [0.3, 0.4) is 0 Å². The van der Waals surface area contributed by atoms with E-state index in [0.29, 0.717) is 5.56 Å². The highest BCUT2D eigenvalue weighted by Crippen LogP contribution is 2.42. The molecule has 0 atom stereocenters. The molecule has 29 heavy (non-hydrogen) atoms. The van der Waals surface area contributed by atoms with E-state index in [1.165, 1.54) is 6.07 Å². The summed E-state index contributed by atoms with van der Waals surface area (Å²) in [6.45, 7) is 0. The largest absolute Gasteiger partial charge is 0.418 e. The van der Waals surface area contributed by atoms with Crippen LogP contribution in [0, 0.1) is 0 Å². The second-order valence-electron chi connectivity index (χ2n) is 6.94. The van der Waals surface area contributed by atoms with Crippen molar-refractivity contribution in [2.75, 3.05) is 0 Å². The smallest absolute Gasteiger partial charge is 0.308 e. The van der Waals surface area contributed by atoms with E-state index >= 15 is 0 Å². The molecule has 5 aromatic rings. The molecule has 4 heteroatoms. The van der Waals surface area contributed by atoms with Gasteiger partial charge in [0.15, 0.2) is 0 Å². The molecule has 142 valence electrons. The molecule has 0 bridgehead atoms. The Bertz CT molecular complexity index is 1280. The van der Waals surface area contributed by atoms with E-state index in [2.05, 4.69) is 0 Å². The highest BCUT2D eigenvalue weighted by Gasteiger charge is 2.36. The molecule has 5 rings (SSSR count). The number of fused-ring (bicyclic) bond motifs is 3. The minimum Gasteiger partial charge on any atom is -0.308 e. The first-order valence-electron chi connectivity index (χ1n) is 9.30.